The van der Waals surface area contributed by atoms with E-state index in [1.165, 1.54) is 11.3 Å². The summed E-state index contributed by atoms with van der Waals surface area (Å²) in [5.74, 6) is 0. The molecule has 0 aromatic rings. The van der Waals surface area contributed by atoms with E-state index < -0.39 is 0 Å². The molecule has 2 aliphatic rings. The molecule has 0 aromatic carbocycles. The molecule has 14 heavy (non-hydrogen) atoms. The monoisotopic (exact) mass is 216 g/mol. The molecular weight excluding hydrogens is 199 g/mol. The smallest absolute Gasteiger partial charge is 0.394 e. The predicted octanol–water partition coefficient (Wildman–Crippen LogP) is -0.544. The van der Waals surface area contributed by atoms with Crippen molar-refractivity contribution < 1.29 is 51.4 Å². The van der Waals surface area contributed by atoms with Gasteiger partial charge in [-0.3, -0.25) is 0 Å². The van der Waals surface area contributed by atoms with Crippen LogP contribution in [0.2, 0.25) is 0 Å². The summed E-state index contributed by atoms with van der Waals surface area (Å²) in [6, 6.07) is 1.07. The summed E-state index contributed by atoms with van der Waals surface area (Å²) in [4.78, 5) is 4.25. The van der Waals surface area contributed by atoms with E-state index in [4.69, 9.17) is 0 Å². The van der Waals surface area contributed by atoms with Gasteiger partial charge in [-0.2, -0.15) is 12.2 Å². The molecule has 2 heterocycles. The van der Waals surface area contributed by atoms with Gasteiger partial charge in [0.05, 0.1) is 0 Å². The SMILES string of the molecule is CC.C[C-]1C=CC2=C(C=N1)NCC2.[K+]. The van der Waals surface area contributed by atoms with Crippen molar-refractivity contribution in [2.24, 2.45) is 4.99 Å². The van der Waals surface area contributed by atoms with Gasteiger partial charge in [-0.25, -0.2) is 0 Å². The van der Waals surface area contributed by atoms with Crippen molar-refractivity contribution in [2.45, 2.75) is 27.2 Å². The van der Waals surface area contributed by atoms with Crippen molar-refractivity contribution in [1.29, 1.82) is 0 Å². The Morgan fingerprint density at radius 1 is 1.43 bits per heavy atom. The molecule has 0 unspecified atom stereocenters. The summed E-state index contributed by atoms with van der Waals surface area (Å²) in [5.41, 5.74) is 2.57. The maximum absolute atomic E-state index is 4.25. The first-order valence-electron chi connectivity index (χ1n) is 4.89. The number of rotatable bonds is 0. The Balaban J connectivity index is 0.000000531. The van der Waals surface area contributed by atoms with Gasteiger partial charge in [-0.05, 0) is 12.1 Å². The second-order valence-electron chi connectivity index (χ2n) is 2.85. The van der Waals surface area contributed by atoms with Gasteiger partial charge in [0, 0.05) is 6.54 Å². The molecule has 0 fully saturated rings. The molecule has 3 heteroatoms. The molecule has 0 saturated carbocycles. The van der Waals surface area contributed by atoms with Crippen LogP contribution in [0.4, 0.5) is 0 Å². The Hall–Kier alpha value is 0.456. The van der Waals surface area contributed by atoms with E-state index in [2.05, 4.69) is 22.5 Å². The van der Waals surface area contributed by atoms with Crippen LogP contribution < -0.4 is 56.7 Å². The molecule has 0 amide bonds. The number of nitrogens with one attached hydrogen (secondary N) is 1. The number of aliphatic imine (C=N–C) groups is 1. The van der Waals surface area contributed by atoms with Crippen molar-refractivity contribution in [3.8, 4) is 0 Å². The average Bonchev–Trinajstić information content (AvgIpc) is 2.56. The molecule has 0 saturated heterocycles. The first kappa shape index (κ1) is 14.5. The molecule has 0 aromatic heterocycles. The van der Waals surface area contributed by atoms with E-state index in [1.54, 1.807) is 0 Å². The molecule has 72 valence electrons. The van der Waals surface area contributed by atoms with Gasteiger partial charge in [-0.15, -0.1) is 0 Å². The van der Waals surface area contributed by atoms with Gasteiger partial charge < -0.3 is 10.3 Å². The van der Waals surface area contributed by atoms with E-state index >= 15 is 0 Å². The van der Waals surface area contributed by atoms with Crippen LogP contribution in [0.25, 0.3) is 0 Å². The molecule has 0 atom stereocenters. The molecule has 2 rings (SSSR count). The summed E-state index contributed by atoms with van der Waals surface area (Å²) < 4.78 is 0. The van der Waals surface area contributed by atoms with Gasteiger partial charge in [0.2, 0.25) is 0 Å². The van der Waals surface area contributed by atoms with E-state index in [0.29, 0.717) is 0 Å². The summed E-state index contributed by atoms with van der Waals surface area (Å²) in [6.07, 6.45) is 7.26. The van der Waals surface area contributed by atoms with Gasteiger partial charge in [0.25, 0.3) is 0 Å². The van der Waals surface area contributed by atoms with Crippen molar-refractivity contribution in [3.63, 3.8) is 0 Å². The Bertz CT molecular complexity index is 230. The molecule has 0 aliphatic carbocycles. The maximum atomic E-state index is 4.25. The molecule has 1 N–H and O–H groups in total. The van der Waals surface area contributed by atoms with Crippen LogP contribution in [-0.2, 0) is 0 Å². The Morgan fingerprint density at radius 3 is 2.86 bits per heavy atom. The van der Waals surface area contributed by atoms with Gasteiger partial charge in [0.15, 0.2) is 0 Å². The Labute approximate surface area is 129 Å². The standard InChI is InChI=1S/C9H11N2.C2H6.K/c1-7-2-3-8-4-5-10-9(8)6-11-7;1-2;/h2-3,6,10H,4-5H2,1H3;1-2H3;/q-1;;+1. The number of allylic oxidation sites excluding steroid dienone is 2. The Morgan fingerprint density at radius 2 is 2.14 bits per heavy atom. The number of hydrogen-bond acceptors (Lipinski definition) is 2. The van der Waals surface area contributed by atoms with Crippen LogP contribution in [0.5, 0.6) is 0 Å². The van der Waals surface area contributed by atoms with Crippen LogP contribution in [0.3, 0.4) is 0 Å². The summed E-state index contributed by atoms with van der Waals surface area (Å²) >= 11 is 0. The second kappa shape index (κ2) is 7.71. The van der Waals surface area contributed by atoms with Crippen LogP contribution >= 0.6 is 0 Å². The van der Waals surface area contributed by atoms with Crippen molar-refractivity contribution in [2.75, 3.05) is 6.54 Å². The second-order valence-corrected chi connectivity index (χ2v) is 2.85. The molecule has 0 spiro atoms. The third kappa shape index (κ3) is 3.91. The topological polar surface area (TPSA) is 24.4 Å². The third-order valence-electron chi connectivity index (χ3n) is 1.98. The minimum atomic E-state index is 0. The zero-order chi connectivity index (χ0) is 9.68. The largest absolute Gasteiger partial charge is 1.00 e. The van der Waals surface area contributed by atoms with E-state index in [0.717, 1.165) is 19.0 Å². The van der Waals surface area contributed by atoms with E-state index in [1.807, 2.05) is 27.0 Å². The first-order valence-corrected chi connectivity index (χ1v) is 4.89. The van der Waals surface area contributed by atoms with Gasteiger partial charge in [0.1, 0.15) is 0 Å². The molecule has 2 nitrogen and oxygen atoms in total. The fraction of sp³-hybridized carbons (Fsp3) is 0.455. The molecule has 0 radical (unpaired) electrons. The van der Waals surface area contributed by atoms with Crippen molar-refractivity contribution >= 4 is 6.21 Å². The summed E-state index contributed by atoms with van der Waals surface area (Å²) in [6.45, 7) is 7.06. The normalized spacial score (nSPS) is 17.5. The summed E-state index contributed by atoms with van der Waals surface area (Å²) in [5, 5.41) is 3.28. The van der Waals surface area contributed by atoms with Crippen LogP contribution in [0.1, 0.15) is 27.2 Å². The maximum Gasteiger partial charge on any atom is 1.00 e. The van der Waals surface area contributed by atoms with Gasteiger partial charge in [-0.1, -0.05) is 38.6 Å². The number of hydrogen-bond donors (Lipinski definition) is 1. The molecular formula is C11H17KN2. The van der Waals surface area contributed by atoms with Gasteiger partial charge >= 0.3 is 51.4 Å². The van der Waals surface area contributed by atoms with E-state index in [9.17, 15) is 0 Å². The van der Waals surface area contributed by atoms with Crippen LogP contribution in [-0.4, -0.2) is 12.8 Å². The van der Waals surface area contributed by atoms with Crippen molar-refractivity contribution in [1.82, 2.24) is 5.32 Å². The minimum absolute atomic E-state index is 0. The molecule has 2 aliphatic heterocycles. The Kier molecular flexibility index (Phi) is 7.96. The average molecular weight is 216 g/mol. The van der Waals surface area contributed by atoms with Crippen molar-refractivity contribution in [3.05, 3.63) is 29.5 Å². The third-order valence-corrected chi connectivity index (χ3v) is 1.98. The quantitative estimate of drug-likeness (QED) is 0.427. The fourth-order valence-electron chi connectivity index (χ4n) is 1.31. The molecule has 0 bridgehead atoms. The zero-order valence-corrected chi connectivity index (χ0v) is 12.7. The van der Waals surface area contributed by atoms with Crippen LogP contribution in [0, 0.1) is 6.04 Å². The fourth-order valence-corrected chi connectivity index (χ4v) is 1.31. The zero-order valence-electron chi connectivity index (χ0n) is 9.59. The number of nitrogens with zero attached hydrogens (tertiary/aromatic N) is 1. The first-order chi connectivity index (χ1) is 6.36. The van der Waals surface area contributed by atoms with E-state index in [-0.39, 0.29) is 51.4 Å². The minimum Gasteiger partial charge on any atom is -0.394 e. The van der Waals surface area contributed by atoms with Crippen LogP contribution in [0.15, 0.2) is 28.4 Å². The summed E-state index contributed by atoms with van der Waals surface area (Å²) in [7, 11) is 0. The predicted molar refractivity (Wildman–Crippen MR) is 57.5 cm³/mol.